The Hall–Kier alpha value is -2.80. The summed E-state index contributed by atoms with van der Waals surface area (Å²) in [5.41, 5.74) is 2.58. The van der Waals surface area contributed by atoms with Gasteiger partial charge in [0.05, 0.1) is 26.5 Å². The Labute approximate surface area is 158 Å². The maximum Gasteiger partial charge on any atom is 0.254 e. The lowest BCUT2D eigenvalue weighted by molar-refractivity contribution is 0.0732. The number of rotatable bonds is 7. The van der Waals surface area contributed by atoms with Crippen molar-refractivity contribution in [1.82, 2.24) is 9.88 Å². The monoisotopic (exact) mass is 372 g/mol. The second kappa shape index (κ2) is 8.73. The molecule has 1 aliphatic heterocycles. The van der Waals surface area contributed by atoms with E-state index in [1.807, 2.05) is 17.0 Å². The lowest BCUT2D eigenvalue weighted by Crippen LogP contribution is -2.36. The van der Waals surface area contributed by atoms with Gasteiger partial charge in [-0.25, -0.2) is 4.98 Å². The summed E-state index contributed by atoms with van der Waals surface area (Å²) in [6, 6.07) is 9.01. The molecular formula is C20H24N2O5. The van der Waals surface area contributed by atoms with Gasteiger partial charge < -0.3 is 23.8 Å². The third-order valence-electron chi connectivity index (χ3n) is 4.48. The average Bonchev–Trinajstić information content (AvgIpc) is 2.72. The first kappa shape index (κ1) is 19.0. The van der Waals surface area contributed by atoms with Gasteiger partial charge in [-0.2, -0.15) is 0 Å². The third kappa shape index (κ3) is 4.31. The Morgan fingerprint density at radius 1 is 1.07 bits per heavy atom. The number of hydrogen-bond acceptors (Lipinski definition) is 6. The van der Waals surface area contributed by atoms with Crippen molar-refractivity contribution in [3.63, 3.8) is 0 Å². The Balaban J connectivity index is 1.71. The fourth-order valence-corrected chi connectivity index (χ4v) is 3.03. The molecule has 2 aromatic rings. The van der Waals surface area contributed by atoms with Crippen LogP contribution in [0, 0.1) is 0 Å². The Morgan fingerprint density at radius 2 is 1.89 bits per heavy atom. The van der Waals surface area contributed by atoms with Crippen LogP contribution in [0.4, 0.5) is 0 Å². The number of pyridine rings is 1. The minimum Gasteiger partial charge on any atom is -0.493 e. The number of carbonyl (C=O) groups excluding carboxylic acids is 1. The van der Waals surface area contributed by atoms with E-state index in [1.165, 1.54) is 0 Å². The van der Waals surface area contributed by atoms with Gasteiger partial charge in [0.25, 0.3) is 5.91 Å². The number of methoxy groups -OCH3 is 3. The number of carbonyl (C=O) groups is 1. The van der Waals surface area contributed by atoms with Crippen LogP contribution in [0.15, 0.2) is 30.3 Å². The minimum absolute atomic E-state index is 0.0398. The molecule has 0 aliphatic carbocycles. The molecule has 0 radical (unpaired) electrons. The second-order valence-electron chi connectivity index (χ2n) is 6.14. The molecule has 0 fully saturated rings. The zero-order valence-corrected chi connectivity index (χ0v) is 15.9. The highest BCUT2D eigenvalue weighted by Gasteiger charge is 2.24. The zero-order chi connectivity index (χ0) is 19.2. The molecule has 0 unspecified atom stereocenters. The van der Waals surface area contributed by atoms with E-state index < -0.39 is 0 Å². The molecule has 1 aromatic carbocycles. The molecular weight excluding hydrogens is 348 g/mol. The number of amides is 1. The molecule has 0 atom stereocenters. The Bertz CT molecular complexity index is 809. The molecule has 144 valence electrons. The number of fused-ring (bicyclic) bond motifs is 1. The third-order valence-corrected chi connectivity index (χ3v) is 4.48. The second-order valence-corrected chi connectivity index (χ2v) is 6.14. The summed E-state index contributed by atoms with van der Waals surface area (Å²) in [5, 5.41) is 0. The molecule has 7 heteroatoms. The van der Waals surface area contributed by atoms with Crippen molar-refractivity contribution >= 4 is 5.91 Å². The van der Waals surface area contributed by atoms with E-state index in [1.54, 1.807) is 39.5 Å². The molecule has 0 saturated carbocycles. The number of nitrogens with zero attached hydrogens (tertiary/aromatic N) is 2. The fraction of sp³-hybridized carbons (Fsp3) is 0.400. The molecule has 27 heavy (non-hydrogen) atoms. The predicted molar refractivity (Wildman–Crippen MR) is 99.6 cm³/mol. The largest absolute Gasteiger partial charge is 0.493 e. The highest BCUT2D eigenvalue weighted by Crippen LogP contribution is 2.29. The fourth-order valence-electron chi connectivity index (χ4n) is 3.03. The molecule has 7 nitrogen and oxygen atoms in total. The van der Waals surface area contributed by atoms with E-state index >= 15 is 0 Å². The average molecular weight is 372 g/mol. The van der Waals surface area contributed by atoms with Gasteiger partial charge in [0.1, 0.15) is 6.61 Å². The van der Waals surface area contributed by atoms with Crippen LogP contribution < -0.4 is 14.2 Å². The summed E-state index contributed by atoms with van der Waals surface area (Å²) in [6.07, 6.45) is 0.690. The van der Waals surface area contributed by atoms with Crippen molar-refractivity contribution in [3.05, 3.63) is 47.2 Å². The van der Waals surface area contributed by atoms with E-state index in [2.05, 4.69) is 4.98 Å². The maximum absolute atomic E-state index is 12.9. The van der Waals surface area contributed by atoms with Crippen molar-refractivity contribution in [3.8, 4) is 17.4 Å². The van der Waals surface area contributed by atoms with Crippen molar-refractivity contribution in [2.45, 2.75) is 13.0 Å². The van der Waals surface area contributed by atoms with Gasteiger partial charge in [-0.15, -0.1) is 0 Å². The molecule has 3 rings (SSSR count). The summed E-state index contributed by atoms with van der Waals surface area (Å²) < 4.78 is 21.1. The molecule has 1 amide bonds. The van der Waals surface area contributed by atoms with E-state index in [4.69, 9.17) is 18.9 Å². The summed E-state index contributed by atoms with van der Waals surface area (Å²) in [6.45, 7) is 2.11. The molecule has 0 bridgehead atoms. The molecule has 0 spiro atoms. The minimum atomic E-state index is -0.0398. The van der Waals surface area contributed by atoms with Gasteiger partial charge in [-0.1, -0.05) is 6.07 Å². The van der Waals surface area contributed by atoms with Gasteiger partial charge in [0.2, 0.25) is 5.88 Å². The number of benzene rings is 1. The van der Waals surface area contributed by atoms with Crippen LogP contribution >= 0.6 is 0 Å². The quantitative estimate of drug-likeness (QED) is 0.695. The summed E-state index contributed by atoms with van der Waals surface area (Å²) >= 11 is 0. The summed E-state index contributed by atoms with van der Waals surface area (Å²) in [5.74, 6) is 1.69. The molecule has 2 heterocycles. The van der Waals surface area contributed by atoms with Crippen LogP contribution in [-0.2, 0) is 17.7 Å². The predicted octanol–water partition coefficient (Wildman–Crippen LogP) is 2.32. The van der Waals surface area contributed by atoms with Crippen LogP contribution in [0.2, 0.25) is 0 Å². The Kier molecular flexibility index (Phi) is 6.13. The van der Waals surface area contributed by atoms with Crippen LogP contribution in [0.1, 0.15) is 21.6 Å². The number of aromatic nitrogens is 1. The SMILES string of the molecule is COCCOc1ccc2c(n1)CCN(C(=O)c1ccc(OC)c(OC)c1)C2. The Morgan fingerprint density at radius 3 is 2.63 bits per heavy atom. The topological polar surface area (TPSA) is 70.1 Å². The first-order chi connectivity index (χ1) is 13.2. The lowest BCUT2D eigenvalue weighted by atomic mass is 10.0. The standard InChI is InChI=1S/C20H24N2O5/c1-24-10-11-27-19-7-5-15-13-22(9-8-16(15)21-19)20(23)14-4-6-17(25-2)18(12-14)26-3/h4-7,12H,8-11,13H2,1-3H3. The van der Waals surface area contributed by atoms with Crippen LogP contribution in [0.25, 0.3) is 0 Å². The number of ether oxygens (including phenoxy) is 4. The highest BCUT2D eigenvalue weighted by molar-refractivity contribution is 5.95. The van der Waals surface area contributed by atoms with Gasteiger partial charge in [0.15, 0.2) is 11.5 Å². The lowest BCUT2D eigenvalue weighted by Gasteiger charge is -2.28. The van der Waals surface area contributed by atoms with Crippen LogP contribution in [0.3, 0.4) is 0 Å². The van der Waals surface area contributed by atoms with Crippen LogP contribution in [0.5, 0.6) is 17.4 Å². The molecule has 1 aromatic heterocycles. The van der Waals surface area contributed by atoms with Gasteiger partial charge in [-0.3, -0.25) is 4.79 Å². The number of hydrogen-bond donors (Lipinski definition) is 0. The normalized spacial score (nSPS) is 13.1. The zero-order valence-electron chi connectivity index (χ0n) is 15.9. The van der Waals surface area contributed by atoms with Gasteiger partial charge >= 0.3 is 0 Å². The summed E-state index contributed by atoms with van der Waals surface area (Å²) in [4.78, 5) is 19.3. The van der Waals surface area contributed by atoms with Crippen molar-refractivity contribution < 1.29 is 23.7 Å². The molecule has 0 N–H and O–H groups in total. The first-order valence-electron chi connectivity index (χ1n) is 8.78. The van der Waals surface area contributed by atoms with Crippen LogP contribution in [-0.4, -0.2) is 56.9 Å². The van der Waals surface area contributed by atoms with E-state index in [-0.39, 0.29) is 5.91 Å². The maximum atomic E-state index is 12.9. The van der Waals surface area contributed by atoms with E-state index in [0.29, 0.717) is 55.7 Å². The van der Waals surface area contributed by atoms with Crippen molar-refractivity contribution in [2.75, 3.05) is 41.1 Å². The first-order valence-corrected chi connectivity index (χ1v) is 8.78. The van der Waals surface area contributed by atoms with Gasteiger partial charge in [-0.05, 0) is 23.8 Å². The molecule has 0 saturated heterocycles. The molecule has 1 aliphatic rings. The van der Waals surface area contributed by atoms with E-state index in [9.17, 15) is 4.79 Å². The van der Waals surface area contributed by atoms with Crippen molar-refractivity contribution in [2.24, 2.45) is 0 Å². The van der Waals surface area contributed by atoms with E-state index in [0.717, 1.165) is 11.3 Å². The van der Waals surface area contributed by atoms with Gasteiger partial charge in [0, 0.05) is 38.2 Å². The van der Waals surface area contributed by atoms with Crippen molar-refractivity contribution in [1.29, 1.82) is 0 Å². The highest BCUT2D eigenvalue weighted by atomic mass is 16.5. The smallest absolute Gasteiger partial charge is 0.254 e. The summed E-state index contributed by atoms with van der Waals surface area (Å²) in [7, 11) is 4.76.